The number of rotatable bonds is 3. The van der Waals surface area contributed by atoms with Crippen molar-refractivity contribution in [3.8, 4) is 11.3 Å². The molecule has 0 atom stereocenters. The molecule has 4 rings (SSSR count). The first-order chi connectivity index (χ1) is 11.6. The van der Waals surface area contributed by atoms with E-state index in [1.165, 1.54) is 42.3 Å². The van der Waals surface area contributed by atoms with Crippen molar-refractivity contribution in [3.63, 3.8) is 0 Å². The van der Waals surface area contributed by atoms with Crippen LogP contribution in [0.2, 0.25) is 0 Å². The maximum Gasteiger partial charge on any atom is 0.196 e. The Morgan fingerprint density at radius 1 is 1.21 bits per heavy atom. The molecule has 2 heterocycles. The van der Waals surface area contributed by atoms with E-state index in [1.807, 2.05) is 13.0 Å². The average molecular weight is 343 g/mol. The molecule has 3 aromatic rings. The van der Waals surface area contributed by atoms with E-state index in [-0.39, 0.29) is 5.82 Å². The zero-order valence-corrected chi connectivity index (χ0v) is 15.1. The zero-order valence-electron chi connectivity index (χ0n) is 14.3. The highest BCUT2D eigenvalue weighted by atomic mass is 32.1. The van der Waals surface area contributed by atoms with Crippen molar-refractivity contribution in [3.05, 3.63) is 40.2 Å². The Morgan fingerprint density at radius 3 is 2.67 bits per heavy atom. The van der Waals surface area contributed by atoms with Crippen molar-refractivity contribution in [2.45, 2.75) is 52.5 Å². The third-order valence-electron chi connectivity index (χ3n) is 5.09. The first-order valence-corrected chi connectivity index (χ1v) is 9.38. The molecule has 0 bridgehead atoms. The van der Waals surface area contributed by atoms with Crippen LogP contribution >= 0.6 is 11.3 Å². The van der Waals surface area contributed by atoms with Crippen LogP contribution in [0.25, 0.3) is 16.2 Å². The molecular weight excluding hydrogens is 321 g/mol. The summed E-state index contributed by atoms with van der Waals surface area (Å²) in [6.45, 7) is 6.17. The number of aromatic nitrogens is 2. The molecule has 2 aromatic heterocycles. The Hall–Kier alpha value is -1.88. The Balaban J connectivity index is 1.94. The molecule has 0 saturated heterocycles. The van der Waals surface area contributed by atoms with E-state index in [1.54, 1.807) is 17.4 Å². The van der Waals surface area contributed by atoms with Crippen LogP contribution in [0, 0.1) is 26.6 Å². The molecule has 1 N–H and O–H groups in total. The average Bonchev–Trinajstić information content (AvgIpc) is 3.21. The van der Waals surface area contributed by atoms with Gasteiger partial charge in [-0.15, -0.1) is 11.3 Å². The fourth-order valence-corrected chi connectivity index (χ4v) is 4.62. The first-order valence-electron chi connectivity index (χ1n) is 8.56. The largest absolute Gasteiger partial charge is 0.367 e. The zero-order chi connectivity index (χ0) is 16.8. The van der Waals surface area contributed by atoms with Gasteiger partial charge < -0.3 is 5.32 Å². The van der Waals surface area contributed by atoms with Gasteiger partial charge in [-0.25, -0.2) is 9.37 Å². The van der Waals surface area contributed by atoms with Crippen LogP contribution in [-0.4, -0.2) is 15.4 Å². The maximum atomic E-state index is 14.6. The molecule has 0 radical (unpaired) electrons. The maximum absolute atomic E-state index is 14.6. The van der Waals surface area contributed by atoms with Gasteiger partial charge in [-0.3, -0.25) is 4.40 Å². The molecule has 1 aliphatic carbocycles. The van der Waals surface area contributed by atoms with Crippen molar-refractivity contribution >= 4 is 22.1 Å². The number of nitrogens with one attached hydrogen (secondary N) is 1. The fourth-order valence-electron chi connectivity index (χ4n) is 3.65. The SMILES string of the molecule is Cc1cccc(F)c1-c1nc2sc(C)c(C)n2c1NC1CCCC1. The molecule has 0 spiro atoms. The number of halogens is 1. The number of anilines is 1. The lowest BCUT2D eigenvalue weighted by atomic mass is 10.0. The summed E-state index contributed by atoms with van der Waals surface area (Å²) >= 11 is 1.67. The van der Waals surface area contributed by atoms with Gasteiger partial charge in [0.15, 0.2) is 4.96 Å². The van der Waals surface area contributed by atoms with Crippen LogP contribution in [0.1, 0.15) is 41.8 Å². The van der Waals surface area contributed by atoms with E-state index < -0.39 is 0 Å². The number of nitrogens with zero attached hydrogens (tertiary/aromatic N) is 2. The van der Waals surface area contributed by atoms with E-state index in [2.05, 4.69) is 23.6 Å². The van der Waals surface area contributed by atoms with Crippen LogP contribution in [0.4, 0.5) is 10.2 Å². The van der Waals surface area contributed by atoms with Gasteiger partial charge in [0, 0.05) is 22.2 Å². The minimum absolute atomic E-state index is 0.204. The molecular formula is C19H22FN3S. The van der Waals surface area contributed by atoms with Crippen molar-refractivity contribution in [1.29, 1.82) is 0 Å². The lowest BCUT2D eigenvalue weighted by molar-refractivity contribution is 0.629. The Bertz CT molecular complexity index is 883. The van der Waals surface area contributed by atoms with Gasteiger partial charge in [0.2, 0.25) is 0 Å². The van der Waals surface area contributed by atoms with Gasteiger partial charge in [0.25, 0.3) is 0 Å². The van der Waals surface area contributed by atoms with Gasteiger partial charge in [-0.05, 0) is 45.2 Å². The van der Waals surface area contributed by atoms with Crippen molar-refractivity contribution in [2.24, 2.45) is 0 Å². The summed E-state index contributed by atoms with van der Waals surface area (Å²) in [7, 11) is 0. The summed E-state index contributed by atoms with van der Waals surface area (Å²) in [6.07, 6.45) is 4.86. The van der Waals surface area contributed by atoms with Gasteiger partial charge >= 0.3 is 0 Å². The minimum Gasteiger partial charge on any atom is -0.367 e. The summed E-state index contributed by atoms with van der Waals surface area (Å²) in [5, 5.41) is 3.68. The van der Waals surface area contributed by atoms with E-state index in [4.69, 9.17) is 4.98 Å². The molecule has 1 aromatic carbocycles. The predicted molar refractivity (Wildman–Crippen MR) is 98.6 cm³/mol. The number of imidazole rings is 1. The molecule has 126 valence electrons. The summed E-state index contributed by atoms with van der Waals surface area (Å²) in [4.78, 5) is 6.99. The molecule has 1 saturated carbocycles. The summed E-state index contributed by atoms with van der Waals surface area (Å²) in [6, 6.07) is 5.68. The molecule has 0 amide bonds. The highest BCUT2D eigenvalue weighted by Gasteiger charge is 2.25. The standard InChI is InChI=1S/C19H22FN3S/c1-11-7-6-10-15(20)16(11)17-18(21-14-8-4-5-9-14)23-12(2)13(3)24-19(23)22-17/h6-7,10,14,21H,4-5,8-9H2,1-3H3. The van der Waals surface area contributed by atoms with E-state index in [0.717, 1.165) is 22.0 Å². The predicted octanol–water partition coefficient (Wildman–Crippen LogP) is 5.48. The Morgan fingerprint density at radius 2 is 1.96 bits per heavy atom. The fraction of sp³-hybridized carbons (Fsp3) is 0.421. The number of thiazole rings is 1. The van der Waals surface area contributed by atoms with Crippen molar-refractivity contribution < 1.29 is 4.39 Å². The molecule has 24 heavy (non-hydrogen) atoms. The molecule has 0 unspecified atom stereocenters. The lowest BCUT2D eigenvalue weighted by Gasteiger charge is -2.16. The van der Waals surface area contributed by atoms with Gasteiger partial charge in [0.05, 0.1) is 0 Å². The minimum atomic E-state index is -0.204. The quantitative estimate of drug-likeness (QED) is 0.682. The third-order valence-corrected chi connectivity index (χ3v) is 6.15. The molecule has 1 fully saturated rings. The molecule has 0 aliphatic heterocycles. The number of hydrogen-bond acceptors (Lipinski definition) is 3. The van der Waals surface area contributed by atoms with Crippen LogP contribution in [0.15, 0.2) is 18.2 Å². The van der Waals surface area contributed by atoms with E-state index >= 15 is 0 Å². The first kappa shape index (κ1) is 15.6. The van der Waals surface area contributed by atoms with Gasteiger partial charge in [-0.2, -0.15) is 0 Å². The molecule has 3 nitrogen and oxygen atoms in total. The second kappa shape index (κ2) is 5.88. The summed E-state index contributed by atoms with van der Waals surface area (Å²) in [5.74, 6) is 0.747. The van der Waals surface area contributed by atoms with Crippen LogP contribution in [0.5, 0.6) is 0 Å². The number of fused-ring (bicyclic) bond motifs is 1. The summed E-state index contributed by atoms with van der Waals surface area (Å²) < 4.78 is 16.7. The lowest BCUT2D eigenvalue weighted by Crippen LogP contribution is -2.17. The van der Waals surface area contributed by atoms with E-state index in [9.17, 15) is 4.39 Å². The van der Waals surface area contributed by atoms with Crippen molar-refractivity contribution in [1.82, 2.24) is 9.38 Å². The number of hydrogen-bond donors (Lipinski definition) is 1. The second-order valence-corrected chi connectivity index (χ2v) is 7.91. The van der Waals surface area contributed by atoms with Gasteiger partial charge in [0.1, 0.15) is 17.3 Å². The molecule has 1 aliphatic rings. The van der Waals surface area contributed by atoms with Crippen LogP contribution in [0.3, 0.4) is 0 Å². The number of aryl methyl sites for hydroxylation is 3. The normalized spacial score (nSPS) is 15.5. The third kappa shape index (κ3) is 2.42. The van der Waals surface area contributed by atoms with Gasteiger partial charge in [-0.1, -0.05) is 25.0 Å². The Labute approximate surface area is 145 Å². The highest BCUT2D eigenvalue weighted by molar-refractivity contribution is 7.17. The second-order valence-electron chi connectivity index (χ2n) is 6.73. The van der Waals surface area contributed by atoms with E-state index in [0.29, 0.717) is 11.6 Å². The monoisotopic (exact) mass is 343 g/mol. The van der Waals surface area contributed by atoms with Crippen molar-refractivity contribution in [2.75, 3.05) is 5.32 Å². The topological polar surface area (TPSA) is 29.3 Å². The smallest absolute Gasteiger partial charge is 0.196 e. The Kier molecular flexibility index (Phi) is 3.83. The van der Waals surface area contributed by atoms with Crippen LogP contribution in [-0.2, 0) is 0 Å². The number of benzene rings is 1. The summed E-state index contributed by atoms with van der Waals surface area (Å²) in [5.41, 5.74) is 3.46. The van der Waals surface area contributed by atoms with Crippen LogP contribution < -0.4 is 5.32 Å². The molecule has 5 heteroatoms. The highest BCUT2D eigenvalue weighted by Crippen LogP contribution is 2.38.